The molecule has 6 heteroatoms. The zero-order valence-corrected chi connectivity index (χ0v) is 10.3. The zero-order chi connectivity index (χ0) is 12.8. The third kappa shape index (κ3) is 4.30. The molecule has 1 aliphatic rings. The minimum absolute atomic E-state index is 0.0585. The first-order valence-electron chi connectivity index (χ1n) is 5.92. The molecule has 1 fully saturated rings. The van der Waals surface area contributed by atoms with E-state index in [-0.39, 0.29) is 30.8 Å². The molecular weight excluding hydrogens is 225 g/mol. The van der Waals surface area contributed by atoms with E-state index in [0.717, 1.165) is 0 Å². The fourth-order valence-corrected chi connectivity index (χ4v) is 1.84. The van der Waals surface area contributed by atoms with Crippen LogP contribution in [0, 0.1) is 0 Å². The molecule has 0 aromatic rings. The van der Waals surface area contributed by atoms with E-state index in [9.17, 15) is 14.0 Å². The molecule has 0 aliphatic carbocycles. The summed E-state index contributed by atoms with van der Waals surface area (Å²) >= 11 is 0. The van der Waals surface area contributed by atoms with Crippen LogP contribution >= 0.6 is 0 Å². The van der Waals surface area contributed by atoms with Gasteiger partial charge in [0.25, 0.3) is 0 Å². The first-order chi connectivity index (χ1) is 8.04. The highest BCUT2D eigenvalue weighted by atomic mass is 19.1. The van der Waals surface area contributed by atoms with Gasteiger partial charge in [0.05, 0.1) is 12.5 Å². The average Bonchev–Trinajstić information content (AvgIpc) is 2.23. The van der Waals surface area contributed by atoms with Crippen LogP contribution in [0.4, 0.5) is 4.39 Å². The van der Waals surface area contributed by atoms with E-state index < -0.39 is 12.7 Å². The number of nitrogens with zero attached hydrogens (tertiary/aromatic N) is 1. The lowest BCUT2D eigenvalue weighted by atomic mass is 10.1. The van der Waals surface area contributed by atoms with Gasteiger partial charge >= 0.3 is 0 Å². The summed E-state index contributed by atoms with van der Waals surface area (Å²) < 4.78 is 12.2. The molecule has 1 saturated heterocycles. The molecule has 1 aliphatic heterocycles. The van der Waals surface area contributed by atoms with Crippen molar-refractivity contribution >= 4 is 11.8 Å². The Labute approximate surface area is 101 Å². The van der Waals surface area contributed by atoms with Crippen LogP contribution in [0.25, 0.3) is 0 Å². The predicted octanol–water partition coefficient (Wildman–Crippen LogP) is -0.329. The minimum atomic E-state index is -0.545. The van der Waals surface area contributed by atoms with Crippen LogP contribution in [0.15, 0.2) is 0 Å². The van der Waals surface area contributed by atoms with Crippen molar-refractivity contribution in [3.05, 3.63) is 0 Å². The largest absolute Gasteiger partial charge is 0.354 e. The molecule has 0 radical (unpaired) electrons. The summed E-state index contributed by atoms with van der Waals surface area (Å²) in [4.78, 5) is 24.9. The van der Waals surface area contributed by atoms with E-state index in [2.05, 4.69) is 10.6 Å². The Morgan fingerprint density at radius 3 is 2.94 bits per heavy atom. The van der Waals surface area contributed by atoms with Gasteiger partial charge in [-0.25, -0.2) is 4.39 Å². The zero-order valence-electron chi connectivity index (χ0n) is 10.3. The molecule has 1 rings (SSSR count). The highest BCUT2D eigenvalue weighted by molar-refractivity contribution is 5.89. The van der Waals surface area contributed by atoms with Gasteiger partial charge in [0.1, 0.15) is 6.67 Å². The maximum atomic E-state index is 12.2. The Balaban J connectivity index is 2.47. The second-order valence-corrected chi connectivity index (χ2v) is 4.45. The molecular formula is C11H20FN3O2. The number of carbonyl (C=O) groups is 2. The first-order valence-corrected chi connectivity index (χ1v) is 5.92. The summed E-state index contributed by atoms with van der Waals surface area (Å²) in [6.45, 7) is 4.41. The van der Waals surface area contributed by atoms with Crippen LogP contribution in [0.1, 0.15) is 20.3 Å². The average molecular weight is 245 g/mol. The summed E-state index contributed by atoms with van der Waals surface area (Å²) in [5.41, 5.74) is 0. The lowest BCUT2D eigenvalue weighted by Crippen LogP contribution is -2.56. The van der Waals surface area contributed by atoms with Gasteiger partial charge in [0.2, 0.25) is 11.8 Å². The number of nitrogens with one attached hydrogen (secondary N) is 2. The fraction of sp³-hybridized carbons (Fsp3) is 0.818. The molecule has 0 aromatic heterocycles. The van der Waals surface area contributed by atoms with E-state index in [1.165, 1.54) is 4.90 Å². The highest BCUT2D eigenvalue weighted by Crippen LogP contribution is 2.05. The number of piperazine rings is 1. The Morgan fingerprint density at radius 2 is 2.35 bits per heavy atom. The van der Waals surface area contributed by atoms with Crippen molar-refractivity contribution in [1.29, 1.82) is 0 Å². The van der Waals surface area contributed by atoms with Crippen molar-refractivity contribution in [3.63, 3.8) is 0 Å². The quantitative estimate of drug-likeness (QED) is 0.697. The molecule has 2 N–H and O–H groups in total. The van der Waals surface area contributed by atoms with Gasteiger partial charge in [-0.15, -0.1) is 0 Å². The van der Waals surface area contributed by atoms with Crippen molar-refractivity contribution in [2.24, 2.45) is 0 Å². The third-order valence-corrected chi connectivity index (χ3v) is 2.58. The Kier molecular flexibility index (Phi) is 5.34. The second-order valence-electron chi connectivity index (χ2n) is 4.45. The van der Waals surface area contributed by atoms with Crippen molar-refractivity contribution in [3.8, 4) is 0 Å². The monoisotopic (exact) mass is 245 g/mol. The van der Waals surface area contributed by atoms with E-state index in [1.54, 1.807) is 0 Å². The van der Waals surface area contributed by atoms with E-state index in [0.29, 0.717) is 13.1 Å². The molecule has 0 aromatic carbocycles. The topological polar surface area (TPSA) is 61.4 Å². The summed E-state index contributed by atoms with van der Waals surface area (Å²) in [6, 6.07) is -0.461. The third-order valence-electron chi connectivity index (χ3n) is 2.58. The van der Waals surface area contributed by atoms with E-state index in [1.807, 2.05) is 13.8 Å². The van der Waals surface area contributed by atoms with Crippen molar-refractivity contribution in [2.75, 3.05) is 26.3 Å². The Morgan fingerprint density at radius 1 is 1.65 bits per heavy atom. The molecule has 1 heterocycles. The van der Waals surface area contributed by atoms with Crippen LogP contribution in [-0.2, 0) is 9.59 Å². The fourth-order valence-electron chi connectivity index (χ4n) is 1.84. The number of alkyl halides is 1. The molecule has 1 unspecified atom stereocenters. The summed E-state index contributed by atoms with van der Waals surface area (Å²) in [7, 11) is 0. The minimum Gasteiger partial charge on any atom is -0.354 e. The molecule has 0 spiro atoms. The SMILES string of the molecule is CC(C)NC(=O)CC1NCCN(CCF)C1=O. The van der Waals surface area contributed by atoms with Gasteiger partial charge in [-0.1, -0.05) is 0 Å². The lowest BCUT2D eigenvalue weighted by Gasteiger charge is -2.32. The van der Waals surface area contributed by atoms with Crippen LogP contribution in [-0.4, -0.2) is 55.1 Å². The standard InChI is InChI=1S/C11H20FN3O2/c1-8(2)14-10(16)7-9-11(17)15(5-3-12)6-4-13-9/h8-9,13H,3-7H2,1-2H3,(H,14,16). The van der Waals surface area contributed by atoms with E-state index >= 15 is 0 Å². The molecule has 5 nitrogen and oxygen atoms in total. The molecule has 0 saturated carbocycles. The normalized spacial score (nSPS) is 20.8. The van der Waals surface area contributed by atoms with Crippen molar-refractivity contribution < 1.29 is 14.0 Å². The number of halogens is 1. The summed E-state index contributed by atoms with van der Waals surface area (Å²) in [5.74, 6) is -0.347. The smallest absolute Gasteiger partial charge is 0.240 e. The Bertz CT molecular complexity index is 282. The second kappa shape index (κ2) is 6.54. The van der Waals surface area contributed by atoms with Gasteiger partial charge in [0.15, 0.2) is 0 Å². The van der Waals surface area contributed by atoms with Crippen LogP contribution < -0.4 is 10.6 Å². The number of amides is 2. The van der Waals surface area contributed by atoms with Crippen LogP contribution in [0.3, 0.4) is 0 Å². The number of hydrogen-bond acceptors (Lipinski definition) is 3. The molecule has 0 bridgehead atoms. The molecule has 17 heavy (non-hydrogen) atoms. The highest BCUT2D eigenvalue weighted by Gasteiger charge is 2.29. The number of rotatable bonds is 5. The number of hydrogen-bond donors (Lipinski definition) is 2. The number of carbonyl (C=O) groups excluding carboxylic acids is 2. The first kappa shape index (κ1) is 13.9. The molecule has 2 amide bonds. The van der Waals surface area contributed by atoms with Crippen LogP contribution in [0.2, 0.25) is 0 Å². The van der Waals surface area contributed by atoms with Gasteiger partial charge in [0, 0.05) is 25.7 Å². The van der Waals surface area contributed by atoms with Gasteiger partial charge in [-0.3, -0.25) is 9.59 Å². The Hall–Kier alpha value is -1.17. The van der Waals surface area contributed by atoms with Gasteiger partial charge < -0.3 is 15.5 Å². The van der Waals surface area contributed by atoms with Crippen LogP contribution in [0.5, 0.6) is 0 Å². The van der Waals surface area contributed by atoms with E-state index in [4.69, 9.17) is 0 Å². The maximum absolute atomic E-state index is 12.2. The van der Waals surface area contributed by atoms with Crippen molar-refractivity contribution in [2.45, 2.75) is 32.4 Å². The maximum Gasteiger partial charge on any atom is 0.240 e. The lowest BCUT2D eigenvalue weighted by molar-refractivity contribution is -0.138. The van der Waals surface area contributed by atoms with Crippen molar-refractivity contribution in [1.82, 2.24) is 15.5 Å². The summed E-state index contributed by atoms with van der Waals surface area (Å²) in [5, 5.41) is 5.72. The molecule has 98 valence electrons. The molecule has 1 atom stereocenters. The van der Waals surface area contributed by atoms with Gasteiger partial charge in [-0.2, -0.15) is 0 Å². The summed E-state index contributed by atoms with van der Waals surface area (Å²) in [6.07, 6.45) is 0.111. The van der Waals surface area contributed by atoms with Gasteiger partial charge in [-0.05, 0) is 13.8 Å². The predicted molar refractivity (Wildman–Crippen MR) is 62.2 cm³/mol.